The van der Waals surface area contributed by atoms with Crippen molar-refractivity contribution in [2.45, 2.75) is 0 Å². The minimum atomic E-state index is -0.394. The number of carbonyl (C=O) groups excluding carboxylic acids is 2. The van der Waals surface area contributed by atoms with Gasteiger partial charge in [-0.25, -0.2) is 0 Å². The first-order valence-electron chi connectivity index (χ1n) is 1.43. The zero-order valence-corrected chi connectivity index (χ0v) is 4.71. The van der Waals surface area contributed by atoms with Crippen molar-refractivity contribution in [1.82, 2.24) is 5.32 Å². The van der Waals surface area contributed by atoms with E-state index in [2.05, 4.69) is 5.32 Å². The van der Waals surface area contributed by atoms with Gasteiger partial charge in [0.05, 0.1) is 0 Å². The number of amides is 2. The Morgan fingerprint density at radius 1 is 1.14 bits per heavy atom. The first kappa shape index (κ1) is 4.99. The van der Waals surface area contributed by atoms with Gasteiger partial charge in [0, 0.05) is 21.6 Å². The SMILES string of the molecule is O=C1[N]C(=O)SS1. The van der Waals surface area contributed by atoms with Crippen LogP contribution in [0.25, 0.3) is 0 Å². The standard InChI is InChI=1S/C2NO2S2/c4-1-3-2(5)7-6-1. The molecule has 0 aromatic heterocycles. The van der Waals surface area contributed by atoms with Gasteiger partial charge in [0.2, 0.25) is 0 Å². The van der Waals surface area contributed by atoms with Gasteiger partial charge in [0.15, 0.2) is 0 Å². The molecule has 1 aliphatic rings. The van der Waals surface area contributed by atoms with Crippen LogP contribution in [0.2, 0.25) is 0 Å². The highest BCUT2D eigenvalue weighted by molar-refractivity contribution is 8.88. The normalized spacial score (nSPS) is 20.0. The van der Waals surface area contributed by atoms with E-state index in [4.69, 9.17) is 0 Å². The summed E-state index contributed by atoms with van der Waals surface area (Å²) < 4.78 is 0. The van der Waals surface area contributed by atoms with Crippen LogP contribution >= 0.6 is 21.6 Å². The summed E-state index contributed by atoms with van der Waals surface area (Å²) in [5, 5.41) is 2.25. The maximum atomic E-state index is 10.0. The molecule has 7 heavy (non-hydrogen) atoms. The molecule has 0 bridgehead atoms. The van der Waals surface area contributed by atoms with E-state index < -0.39 is 10.5 Å². The molecule has 0 aromatic rings. The van der Waals surface area contributed by atoms with Crippen LogP contribution in [0, 0.1) is 0 Å². The highest BCUT2D eigenvalue weighted by Crippen LogP contribution is 2.29. The Hall–Kier alpha value is -0.160. The van der Waals surface area contributed by atoms with Crippen LogP contribution in [-0.4, -0.2) is 10.5 Å². The lowest BCUT2D eigenvalue weighted by atomic mass is 11.2. The fourth-order valence-electron chi connectivity index (χ4n) is 0.183. The third kappa shape index (κ3) is 1.10. The lowest BCUT2D eigenvalue weighted by Gasteiger charge is -1.69. The average molecular weight is 134 g/mol. The highest BCUT2D eigenvalue weighted by Gasteiger charge is 2.21. The molecule has 0 atom stereocenters. The van der Waals surface area contributed by atoms with Crippen LogP contribution in [0.4, 0.5) is 9.59 Å². The maximum Gasteiger partial charge on any atom is 0.319 e. The second kappa shape index (κ2) is 1.75. The minimum absolute atomic E-state index is 0.394. The molecule has 0 aromatic carbocycles. The van der Waals surface area contributed by atoms with Crippen molar-refractivity contribution in [3.05, 3.63) is 0 Å². The number of rotatable bonds is 0. The van der Waals surface area contributed by atoms with Gasteiger partial charge in [0.1, 0.15) is 0 Å². The third-order valence-electron chi connectivity index (χ3n) is 0.367. The summed E-state index contributed by atoms with van der Waals surface area (Å²) in [6.45, 7) is 0. The van der Waals surface area contributed by atoms with Crippen LogP contribution in [0.3, 0.4) is 0 Å². The van der Waals surface area contributed by atoms with Crippen molar-refractivity contribution in [1.29, 1.82) is 0 Å². The van der Waals surface area contributed by atoms with Crippen LogP contribution in [0.5, 0.6) is 0 Å². The zero-order chi connectivity index (χ0) is 5.28. The summed E-state index contributed by atoms with van der Waals surface area (Å²) in [5.74, 6) is 0. The van der Waals surface area contributed by atoms with Crippen LogP contribution in [0.15, 0.2) is 0 Å². The van der Waals surface area contributed by atoms with E-state index in [1.165, 1.54) is 0 Å². The maximum absolute atomic E-state index is 10.0. The predicted molar refractivity (Wildman–Crippen MR) is 28.1 cm³/mol. The first-order valence-corrected chi connectivity index (χ1v) is 3.58. The van der Waals surface area contributed by atoms with Gasteiger partial charge in [-0.2, -0.15) is 5.32 Å². The molecular formula is C2NO2S2. The molecule has 37 valence electrons. The molecule has 1 radical (unpaired) electrons. The molecule has 0 spiro atoms. The fraction of sp³-hybridized carbons (Fsp3) is 0. The molecule has 3 nitrogen and oxygen atoms in total. The fourth-order valence-corrected chi connectivity index (χ4v) is 1.28. The van der Waals surface area contributed by atoms with Crippen molar-refractivity contribution < 1.29 is 9.59 Å². The third-order valence-corrected chi connectivity index (χ3v) is 2.02. The van der Waals surface area contributed by atoms with E-state index in [-0.39, 0.29) is 0 Å². The van der Waals surface area contributed by atoms with Gasteiger partial charge in [0.25, 0.3) is 0 Å². The van der Waals surface area contributed by atoms with Gasteiger partial charge in [-0.3, -0.25) is 9.59 Å². The Morgan fingerprint density at radius 2 is 1.57 bits per heavy atom. The Bertz CT molecular complexity index is 109. The van der Waals surface area contributed by atoms with Gasteiger partial charge in [-0.05, 0) is 0 Å². The topological polar surface area (TPSA) is 48.2 Å². The van der Waals surface area contributed by atoms with E-state index in [0.29, 0.717) is 0 Å². The van der Waals surface area contributed by atoms with Crippen molar-refractivity contribution >= 4 is 32.1 Å². The number of nitrogens with zero attached hydrogens (tertiary/aromatic N) is 1. The lowest BCUT2D eigenvalue weighted by Crippen LogP contribution is -2.03. The zero-order valence-electron chi connectivity index (χ0n) is 3.08. The Kier molecular flexibility index (Phi) is 1.25. The summed E-state index contributed by atoms with van der Waals surface area (Å²) in [5.41, 5.74) is 0. The van der Waals surface area contributed by atoms with Crippen molar-refractivity contribution in [2.75, 3.05) is 0 Å². The van der Waals surface area contributed by atoms with E-state index in [9.17, 15) is 9.59 Å². The van der Waals surface area contributed by atoms with Crippen molar-refractivity contribution in [3.63, 3.8) is 0 Å². The number of carbonyl (C=O) groups is 2. The minimum Gasteiger partial charge on any atom is -0.258 e. The second-order valence-corrected chi connectivity index (χ2v) is 2.84. The Balaban J connectivity index is 2.55. The molecule has 1 rings (SSSR count). The summed E-state index contributed by atoms with van der Waals surface area (Å²) in [7, 11) is 1.73. The smallest absolute Gasteiger partial charge is 0.258 e. The van der Waals surface area contributed by atoms with Crippen LogP contribution < -0.4 is 5.32 Å². The molecule has 0 unspecified atom stereocenters. The Labute approximate surface area is 47.6 Å². The summed E-state index contributed by atoms with van der Waals surface area (Å²) in [6.07, 6.45) is 0. The van der Waals surface area contributed by atoms with Crippen molar-refractivity contribution in [3.8, 4) is 0 Å². The van der Waals surface area contributed by atoms with Gasteiger partial charge in [-0.1, -0.05) is 0 Å². The summed E-state index contributed by atoms with van der Waals surface area (Å²) in [4.78, 5) is 20.0. The van der Waals surface area contributed by atoms with E-state index in [1.807, 2.05) is 0 Å². The monoisotopic (exact) mass is 134 g/mol. The molecule has 5 heteroatoms. The molecule has 1 heterocycles. The summed E-state index contributed by atoms with van der Waals surface area (Å²) >= 11 is 0. The van der Waals surface area contributed by atoms with E-state index >= 15 is 0 Å². The molecule has 1 aliphatic heterocycles. The Morgan fingerprint density at radius 3 is 1.71 bits per heavy atom. The van der Waals surface area contributed by atoms with Crippen molar-refractivity contribution in [2.24, 2.45) is 0 Å². The number of hydrogen-bond donors (Lipinski definition) is 0. The molecular weight excluding hydrogens is 134 g/mol. The van der Waals surface area contributed by atoms with Gasteiger partial charge in [-0.15, -0.1) is 0 Å². The highest BCUT2D eigenvalue weighted by atomic mass is 33.1. The van der Waals surface area contributed by atoms with E-state index in [0.717, 1.165) is 21.6 Å². The van der Waals surface area contributed by atoms with E-state index in [1.54, 1.807) is 0 Å². The van der Waals surface area contributed by atoms with Crippen LogP contribution in [0.1, 0.15) is 0 Å². The number of imide groups is 1. The molecule has 0 aliphatic carbocycles. The number of hydrogen-bond acceptors (Lipinski definition) is 4. The molecule has 1 saturated heterocycles. The molecule has 0 N–H and O–H groups in total. The second-order valence-electron chi connectivity index (χ2n) is 0.810. The molecule has 1 fully saturated rings. The average Bonchev–Trinajstić information content (AvgIpc) is 1.87. The quantitative estimate of drug-likeness (QED) is 0.467. The lowest BCUT2D eigenvalue weighted by molar-refractivity contribution is 0.250. The van der Waals surface area contributed by atoms with Crippen LogP contribution in [-0.2, 0) is 0 Å². The largest absolute Gasteiger partial charge is 0.319 e. The van der Waals surface area contributed by atoms with Gasteiger partial charge < -0.3 is 0 Å². The molecule has 0 saturated carbocycles. The first-order chi connectivity index (χ1) is 3.29. The van der Waals surface area contributed by atoms with Gasteiger partial charge >= 0.3 is 10.5 Å². The summed E-state index contributed by atoms with van der Waals surface area (Å²) in [6, 6.07) is 0. The predicted octanol–water partition coefficient (Wildman–Crippen LogP) is 1.23. The molecule has 2 amide bonds.